The summed E-state index contributed by atoms with van der Waals surface area (Å²) in [5.74, 6) is 1.92. The first-order valence-corrected chi connectivity index (χ1v) is 9.69. The van der Waals surface area contributed by atoms with Crippen LogP contribution in [0.4, 0.5) is 0 Å². The maximum absolute atomic E-state index is 12.0. The number of carbonyl (C=O) groups is 1. The lowest BCUT2D eigenvalue weighted by molar-refractivity contribution is -0.119. The second-order valence-corrected chi connectivity index (χ2v) is 7.96. The molecule has 0 aliphatic carbocycles. The smallest absolute Gasteiger partial charge is 0.230 e. The average molecular weight is 353 g/mol. The van der Waals surface area contributed by atoms with Crippen molar-refractivity contribution >= 4 is 29.0 Å². The first-order valence-electron chi connectivity index (χ1n) is 7.82. The molecule has 0 aliphatic heterocycles. The van der Waals surface area contributed by atoms with Gasteiger partial charge in [-0.2, -0.15) is 0 Å². The van der Waals surface area contributed by atoms with Gasteiger partial charge in [-0.3, -0.25) is 4.79 Å². The predicted molar refractivity (Wildman–Crippen MR) is 96.7 cm³/mol. The lowest BCUT2D eigenvalue weighted by Crippen LogP contribution is -2.34. The van der Waals surface area contributed by atoms with Crippen LogP contribution < -0.4 is 5.32 Å². The Kier molecular flexibility index (Phi) is 6.65. The highest BCUT2D eigenvalue weighted by atomic mass is 32.2. The van der Waals surface area contributed by atoms with E-state index >= 15 is 0 Å². The number of thioether (sulfide) groups is 1. The van der Waals surface area contributed by atoms with Crippen LogP contribution in [-0.2, 0) is 11.8 Å². The van der Waals surface area contributed by atoms with Gasteiger partial charge in [-0.15, -0.1) is 21.5 Å². The van der Waals surface area contributed by atoms with Crippen molar-refractivity contribution < 1.29 is 4.79 Å². The van der Waals surface area contributed by atoms with Gasteiger partial charge in [0.2, 0.25) is 5.91 Å². The van der Waals surface area contributed by atoms with Crippen molar-refractivity contribution in [1.29, 1.82) is 0 Å². The monoisotopic (exact) mass is 352 g/mol. The molecular weight excluding hydrogens is 328 g/mol. The minimum absolute atomic E-state index is 0.0481. The molecule has 2 rings (SSSR count). The SMILES string of the molecule is CC(C)CCC(C)NC(=O)CSc1nnc(-c2cccs2)n1C. The Hall–Kier alpha value is -1.34. The van der Waals surface area contributed by atoms with E-state index in [0.29, 0.717) is 11.7 Å². The fourth-order valence-corrected chi connectivity index (χ4v) is 3.63. The van der Waals surface area contributed by atoms with E-state index in [4.69, 9.17) is 0 Å². The van der Waals surface area contributed by atoms with Gasteiger partial charge in [-0.1, -0.05) is 31.7 Å². The molecule has 1 unspecified atom stereocenters. The summed E-state index contributed by atoms with van der Waals surface area (Å²) in [5, 5.41) is 14.2. The number of amides is 1. The molecule has 2 aromatic heterocycles. The maximum Gasteiger partial charge on any atom is 0.230 e. The van der Waals surface area contributed by atoms with Crippen LogP contribution in [0.25, 0.3) is 10.7 Å². The van der Waals surface area contributed by atoms with Gasteiger partial charge in [0.1, 0.15) is 0 Å². The summed E-state index contributed by atoms with van der Waals surface area (Å²) in [7, 11) is 1.93. The van der Waals surface area contributed by atoms with Gasteiger partial charge in [0, 0.05) is 13.1 Å². The van der Waals surface area contributed by atoms with Gasteiger partial charge in [0.05, 0.1) is 10.6 Å². The molecule has 0 spiro atoms. The van der Waals surface area contributed by atoms with E-state index in [2.05, 4.69) is 36.3 Å². The second-order valence-electron chi connectivity index (χ2n) is 6.07. The first-order chi connectivity index (χ1) is 11.0. The topological polar surface area (TPSA) is 59.8 Å². The molecule has 7 heteroatoms. The Morgan fingerprint density at radius 3 is 2.78 bits per heavy atom. The molecule has 5 nitrogen and oxygen atoms in total. The number of hydrogen-bond donors (Lipinski definition) is 1. The number of aromatic nitrogens is 3. The largest absolute Gasteiger partial charge is 0.353 e. The first kappa shape index (κ1) is 18.0. The molecule has 0 bridgehead atoms. The van der Waals surface area contributed by atoms with E-state index in [1.54, 1.807) is 11.3 Å². The fraction of sp³-hybridized carbons (Fsp3) is 0.562. The van der Waals surface area contributed by atoms with E-state index in [0.717, 1.165) is 28.7 Å². The molecule has 0 saturated heterocycles. The number of nitrogens with zero attached hydrogens (tertiary/aromatic N) is 3. The minimum atomic E-state index is 0.0481. The normalized spacial score (nSPS) is 12.6. The lowest BCUT2D eigenvalue weighted by atomic mass is 10.0. The molecule has 1 atom stereocenters. The highest BCUT2D eigenvalue weighted by Crippen LogP contribution is 2.25. The molecular formula is C16H24N4OS2. The van der Waals surface area contributed by atoms with E-state index in [9.17, 15) is 4.79 Å². The summed E-state index contributed by atoms with van der Waals surface area (Å²) in [6.45, 7) is 6.45. The average Bonchev–Trinajstić information content (AvgIpc) is 3.12. The second kappa shape index (κ2) is 8.49. The highest BCUT2D eigenvalue weighted by Gasteiger charge is 2.14. The Labute approximate surface area is 145 Å². The van der Waals surface area contributed by atoms with Crippen molar-refractivity contribution in [2.24, 2.45) is 13.0 Å². The molecule has 0 aromatic carbocycles. The number of nitrogens with one attached hydrogen (secondary N) is 1. The minimum Gasteiger partial charge on any atom is -0.353 e. The maximum atomic E-state index is 12.0. The third-order valence-corrected chi connectivity index (χ3v) is 5.38. The Morgan fingerprint density at radius 2 is 2.13 bits per heavy atom. The van der Waals surface area contributed by atoms with Gasteiger partial charge in [0.25, 0.3) is 0 Å². The summed E-state index contributed by atoms with van der Waals surface area (Å²) >= 11 is 3.05. The highest BCUT2D eigenvalue weighted by molar-refractivity contribution is 7.99. The van der Waals surface area contributed by atoms with Crippen molar-refractivity contribution in [3.05, 3.63) is 17.5 Å². The van der Waals surface area contributed by atoms with Crippen LogP contribution in [0.15, 0.2) is 22.7 Å². The van der Waals surface area contributed by atoms with Crippen LogP contribution in [0.2, 0.25) is 0 Å². The number of hydrogen-bond acceptors (Lipinski definition) is 5. The standard InChI is InChI=1S/C16H24N4OS2/c1-11(2)7-8-12(3)17-14(21)10-23-16-19-18-15(20(16)4)13-6-5-9-22-13/h5-6,9,11-12H,7-8,10H2,1-4H3,(H,17,21). The summed E-state index contributed by atoms with van der Waals surface area (Å²) in [5.41, 5.74) is 0. The van der Waals surface area contributed by atoms with Gasteiger partial charge < -0.3 is 9.88 Å². The van der Waals surface area contributed by atoms with Crippen molar-refractivity contribution in [3.63, 3.8) is 0 Å². The van der Waals surface area contributed by atoms with Gasteiger partial charge in [0.15, 0.2) is 11.0 Å². The van der Waals surface area contributed by atoms with Gasteiger partial charge in [-0.25, -0.2) is 0 Å². The molecule has 1 amide bonds. The molecule has 2 aromatic rings. The number of carbonyl (C=O) groups excluding carboxylic acids is 1. The Morgan fingerprint density at radius 1 is 1.35 bits per heavy atom. The molecule has 126 valence electrons. The summed E-state index contributed by atoms with van der Waals surface area (Å²) in [6, 6.07) is 4.23. The quantitative estimate of drug-likeness (QED) is 0.738. The van der Waals surface area contributed by atoms with E-state index in [1.165, 1.54) is 11.8 Å². The van der Waals surface area contributed by atoms with E-state index < -0.39 is 0 Å². The van der Waals surface area contributed by atoms with Crippen molar-refractivity contribution in [2.75, 3.05) is 5.75 Å². The summed E-state index contributed by atoms with van der Waals surface area (Å²) in [6.07, 6.45) is 2.14. The molecule has 0 aliphatic rings. The third kappa shape index (κ3) is 5.35. The number of rotatable bonds is 8. The fourth-order valence-electron chi connectivity index (χ4n) is 2.16. The van der Waals surface area contributed by atoms with Crippen LogP contribution in [0.1, 0.15) is 33.6 Å². The van der Waals surface area contributed by atoms with Crippen LogP contribution in [0, 0.1) is 5.92 Å². The summed E-state index contributed by atoms with van der Waals surface area (Å²) < 4.78 is 1.94. The van der Waals surface area contributed by atoms with Gasteiger partial charge >= 0.3 is 0 Å². The number of thiophene rings is 1. The summed E-state index contributed by atoms with van der Waals surface area (Å²) in [4.78, 5) is 13.1. The lowest BCUT2D eigenvalue weighted by Gasteiger charge is -2.14. The molecule has 1 N–H and O–H groups in total. The zero-order valence-electron chi connectivity index (χ0n) is 14.1. The zero-order valence-corrected chi connectivity index (χ0v) is 15.7. The Balaban J connectivity index is 1.83. The van der Waals surface area contributed by atoms with Gasteiger partial charge in [-0.05, 0) is 37.1 Å². The van der Waals surface area contributed by atoms with E-state index in [1.807, 2.05) is 29.1 Å². The molecule has 0 fully saturated rings. The molecule has 0 saturated carbocycles. The third-order valence-electron chi connectivity index (χ3n) is 3.49. The van der Waals surface area contributed by atoms with Crippen LogP contribution in [-0.4, -0.2) is 32.5 Å². The molecule has 2 heterocycles. The van der Waals surface area contributed by atoms with Crippen molar-refractivity contribution in [3.8, 4) is 10.7 Å². The Bertz CT molecular complexity index is 622. The molecule has 0 radical (unpaired) electrons. The van der Waals surface area contributed by atoms with Crippen molar-refractivity contribution in [1.82, 2.24) is 20.1 Å². The van der Waals surface area contributed by atoms with Crippen LogP contribution >= 0.6 is 23.1 Å². The zero-order chi connectivity index (χ0) is 16.8. The van der Waals surface area contributed by atoms with Crippen LogP contribution in [0.5, 0.6) is 0 Å². The predicted octanol–water partition coefficient (Wildman–Crippen LogP) is 3.58. The van der Waals surface area contributed by atoms with E-state index in [-0.39, 0.29) is 11.9 Å². The molecule has 23 heavy (non-hydrogen) atoms. The van der Waals surface area contributed by atoms with Crippen molar-refractivity contribution in [2.45, 2.75) is 44.8 Å². The van der Waals surface area contributed by atoms with Crippen LogP contribution in [0.3, 0.4) is 0 Å².